The van der Waals surface area contributed by atoms with E-state index in [0.29, 0.717) is 30.2 Å². The van der Waals surface area contributed by atoms with E-state index in [2.05, 4.69) is 10.1 Å². The van der Waals surface area contributed by atoms with Gasteiger partial charge in [-0.2, -0.15) is 4.98 Å². The van der Waals surface area contributed by atoms with Gasteiger partial charge in [-0.15, -0.1) is 0 Å². The highest BCUT2D eigenvalue weighted by atomic mass is 16.5. The monoisotopic (exact) mass is 249 g/mol. The average molecular weight is 249 g/mol. The molecule has 2 heterocycles. The fraction of sp³-hybridized carbons (Fsp3) is 0.417. The molecule has 0 fully saturated rings. The third-order valence-corrected chi connectivity index (χ3v) is 2.93. The number of aromatic carboxylic acids is 1. The van der Waals surface area contributed by atoms with Crippen LogP contribution in [0.4, 0.5) is 0 Å². The van der Waals surface area contributed by atoms with Crippen molar-refractivity contribution in [1.29, 1.82) is 0 Å². The molecule has 2 rings (SSSR count). The van der Waals surface area contributed by atoms with Crippen LogP contribution in [-0.2, 0) is 13.0 Å². The smallest absolute Gasteiger partial charge is 0.337 e. The summed E-state index contributed by atoms with van der Waals surface area (Å²) in [5, 5.41) is 12.9. The molecule has 0 saturated carbocycles. The fourth-order valence-corrected chi connectivity index (χ4v) is 2.02. The predicted octanol–water partition coefficient (Wildman–Crippen LogP) is 1.74. The Balaban J connectivity index is 2.17. The molecule has 0 aromatic carbocycles. The summed E-state index contributed by atoms with van der Waals surface area (Å²) >= 11 is 0. The molecule has 0 amide bonds. The van der Waals surface area contributed by atoms with Gasteiger partial charge >= 0.3 is 5.97 Å². The molecule has 0 atom stereocenters. The topological polar surface area (TPSA) is 81.2 Å². The van der Waals surface area contributed by atoms with Crippen LogP contribution >= 0.6 is 0 Å². The highest BCUT2D eigenvalue weighted by Gasteiger charge is 2.14. The molecule has 0 spiro atoms. The molecule has 6 nitrogen and oxygen atoms in total. The van der Waals surface area contributed by atoms with E-state index in [9.17, 15) is 4.79 Å². The predicted molar refractivity (Wildman–Crippen MR) is 63.6 cm³/mol. The van der Waals surface area contributed by atoms with Crippen molar-refractivity contribution in [2.75, 3.05) is 0 Å². The number of carbonyl (C=O) groups is 1. The van der Waals surface area contributed by atoms with Gasteiger partial charge in [0.15, 0.2) is 5.82 Å². The third-order valence-electron chi connectivity index (χ3n) is 2.93. The van der Waals surface area contributed by atoms with E-state index >= 15 is 0 Å². The summed E-state index contributed by atoms with van der Waals surface area (Å²) in [7, 11) is 0. The molecular formula is C12H15N3O3. The molecule has 0 radical (unpaired) electrons. The van der Waals surface area contributed by atoms with Gasteiger partial charge in [0.05, 0.1) is 5.56 Å². The van der Waals surface area contributed by atoms with Crippen molar-refractivity contribution < 1.29 is 14.4 Å². The summed E-state index contributed by atoms with van der Waals surface area (Å²) in [6, 6.07) is 1.68. The Morgan fingerprint density at radius 2 is 2.17 bits per heavy atom. The summed E-state index contributed by atoms with van der Waals surface area (Å²) in [5.41, 5.74) is 2.02. The van der Waals surface area contributed by atoms with Crippen molar-refractivity contribution in [1.82, 2.24) is 14.7 Å². The number of aromatic nitrogens is 3. The van der Waals surface area contributed by atoms with Crippen LogP contribution in [0.2, 0.25) is 0 Å². The first-order valence-corrected chi connectivity index (χ1v) is 5.68. The van der Waals surface area contributed by atoms with Gasteiger partial charge < -0.3 is 14.2 Å². The first-order valence-electron chi connectivity index (χ1n) is 5.68. The standard InChI is InChI=1S/C12H15N3O3/c1-7-6-10(12(16)17)8(2)15(7)5-4-11-13-9(3)18-14-11/h6H,4-5H2,1-3H3,(H,16,17). The Morgan fingerprint density at radius 3 is 2.67 bits per heavy atom. The number of rotatable bonds is 4. The van der Waals surface area contributed by atoms with E-state index in [0.717, 1.165) is 11.4 Å². The van der Waals surface area contributed by atoms with Crippen LogP contribution in [0.15, 0.2) is 10.6 Å². The molecule has 1 N–H and O–H groups in total. The lowest BCUT2D eigenvalue weighted by molar-refractivity contribution is 0.0696. The summed E-state index contributed by atoms with van der Waals surface area (Å²) in [6.45, 7) is 6.08. The summed E-state index contributed by atoms with van der Waals surface area (Å²) in [6.07, 6.45) is 0.618. The molecule has 2 aromatic heterocycles. The van der Waals surface area contributed by atoms with Gasteiger partial charge in [0.2, 0.25) is 5.89 Å². The van der Waals surface area contributed by atoms with Crippen LogP contribution in [-0.4, -0.2) is 25.8 Å². The van der Waals surface area contributed by atoms with Gasteiger partial charge in [-0.1, -0.05) is 5.16 Å². The molecule has 2 aromatic rings. The number of aryl methyl sites for hydroxylation is 3. The van der Waals surface area contributed by atoms with E-state index in [4.69, 9.17) is 9.63 Å². The van der Waals surface area contributed by atoms with Crippen molar-refractivity contribution in [3.63, 3.8) is 0 Å². The zero-order valence-electron chi connectivity index (χ0n) is 10.6. The lowest BCUT2D eigenvalue weighted by atomic mass is 10.2. The molecular weight excluding hydrogens is 234 g/mol. The van der Waals surface area contributed by atoms with Crippen molar-refractivity contribution in [2.45, 2.75) is 33.7 Å². The van der Waals surface area contributed by atoms with Gasteiger partial charge in [-0.25, -0.2) is 4.79 Å². The minimum absolute atomic E-state index is 0.344. The molecule has 18 heavy (non-hydrogen) atoms. The molecule has 6 heteroatoms. The van der Waals surface area contributed by atoms with Crippen molar-refractivity contribution >= 4 is 5.97 Å². The second kappa shape index (κ2) is 4.64. The summed E-state index contributed by atoms with van der Waals surface area (Å²) in [4.78, 5) is 15.1. The minimum atomic E-state index is -0.898. The number of hydrogen-bond acceptors (Lipinski definition) is 4. The zero-order chi connectivity index (χ0) is 13.3. The number of carboxylic acids is 1. The zero-order valence-corrected chi connectivity index (χ0v) is 10.6. The Hall–Kier alpha value is -2.11. The maximum absolute atomic E-state index is 11.0. The quantitative estimate of drug-likeness (QED) is 0.892. The largest absolute Gasteiger partial charge is 0.478 e. The van der Waals surface area contributed by atoms with Crippen molar-refractivity contribution in [2.24, 2.45) is 0 Å². The number of hydrogen-bond donors (Lipinski definition) is 1. The first kappa shape index (κ1) is 12.3. The highest BCUT2D eigenvalue weighted by Crippen LogP contribution is 2.15. The van der Waals surface area contributed by atoms with Crippen LogP contribution in [0, 0.1) is 20.8 Å². The van der Waals surface area contributed by atoms with Gasteiger partial charge in [-0.3, -0.25) is 0 Å². The fourth-order valence-electron chi connectivity index (χ4n) is 2.02. The highest BCUT2D eigenvalue weighted by molar-refractivity contribution is 5.89. The Labute approximate surface area is 104 Å². The van der Waals surface area contributed by atoms with E-state index < -0.39 is 5.97 Å². The first-order chi connectivity index (χ1) is 8.49. The van der Waals surface area contributed by atoms with Gasteiger partial charge in [0.25, 0.3) is 0 Å². The SMILES string of the molecule is Cc1nc(CCn2c(C)cc(C(=O)O)c2C)no1. The van der Waals surface area contributed by atoms with Crippen LogP contribution < -0.4 is 0 Å². The van der Waals surface area contributed by atoms with Crippen LogP contribution in [0.25, 0.3) is 0 Å². The molecule has 96 valence electrons. The van der Waals surface area contributed by atoms with E-state index in [1.165, 1.54) is 0 Å². The summed E-state index contributed by atoms with van der Waals surface area (Å²) < 4.78 is 6.85. The maximum atomic E-state index is 11.0. The molecule has 0 aliphatic heterocycles. The van der Waals surface area contributed by atoms with E-state index in [1.807, 2.05) is 11.5 Å². The minimum Gasteiger partial charge on any atom is -0.478 e. The van der Waals surface area contributed by atoms with Crippen LogP contribution in [0.5, 0.6) is 0 Å². The third kappa shape index (κ3) is 2.27. The number of carboxylic acid groups (broad SMARTS) is 1. The lowest BCUT2D eigenvalue weighted by Crippen LogP contribution is -2.07. The molecule has 0 unspecified atom stereocenters. The Morgan fingerprint density at radius 1 is 1.44 bits per heavy atom. The van der Waals surface area contributed by atoms with Gasteiger partial charge in [-0.05, 0) is 19.9 Å². The Bertz CT molecular complexity index is 583. The molecule has 0 aliphatic carbocycles. The van der Waals surface area contributed by atoms with Crippen LogP contribution in [0.3, 0.4) is 0 Å². The van der Waals surface area contributed by atoms with Crippen molar-refractivity contribution in [3.05, 3.63) is 34.7 Å². The maximum Gasteiger partial charge on any atom is 0.337 e. The molecule has 0 aliphatic rings. The van der Waals surface area contributed by atoms with Crippen molar-refractivity contribution in [3.8, 4) is 0 Å². The second-order valence-electron chi connectivity index (χ2n) is 4.22. The average Bonchev–Trinajstić information content (AvgIpc) is 2.82. The number of nitrogens with zero attached hydrogens (tertiary/aromatic N) is 3. The molecule has 0 bridgehead atoms. The Kier molecular flexibility index (Phi) is 3.18. The van der Waals surface area contributed by atoms with Gasteiger partial charge in [0, 0.05) is 31.3 Å². The van der Waals surface area contributed by atoms with Gasteiger partial charge in [0.1, 0.15) is 0 Å². The summed E-state index contributed by atoms with van der Waals surface area (Å²) in [5.74, 6) is 0.277. The second-order valence-corrected chi connectivity index (χ2v) is 4.22. The van der Waals surface area contributed by atoms with E-state index in [1.54, 1.807) is 19.9 Å². The molecule has 0 saturated heterocycles. The lowest BCUT2D eigenvalue weighted by Gasteiger charge is -2.07. The van der Waals surface area contributed by atoms with Crippen LogP contribution in [0.1, 0.15) is 33.5 Å². The van der Waals surface area contributed by atoms with E-state index in [-0.39, 0.29) is 0 Å². The normalized spacial score (nSPS) is 10.8.